The van der Waals surface area contributed by atoms with Gasteiger partial charge in [0.25, 0.3) is 0 Å². The number of β-amino-alcohol motifs (C(OH)–C–C–N with tert-alkyl or cyclic N) is 1. The van der Waals surface area contributed by atoms with Gasteiger partial charge >= 0.3 is 6.03 Å². The molecule has 2 saturated heterocycles. The van der Waals surface area contributed by atoms with E-state index in [1.165, 1.54) is 0 Å². The molecule has 1 aromatic carbocycles. The van der Waals surface area contributed by atoms with Crippen LogP contribution >= 0.6 is 0 Å². The lowest BCUT2D eigenvalue weighted by Gasteiger charge is -2.44. The minimum atomic E-state index is -0.794. The smallest absolute Gasteiger partial charge is 0.322 e. The van der Waals surface area contributed by atoms with Gasteiger partial charge in [-0.3, -0.25) is 4.79 Å². The normalized spacial score (nSPS) is 28.1. The van der Waals surface area contributed by atoms with Gasteiger partial charge in [-0.05, 0) is 25.0 Å². The lowest BCUT2D eigenvalue weighted by molar-refractivity contribution is -0.149. The van der Waals surface area contributed by atoms with Crippen LogP contribution in [0.1, 0.15) is 19.3 Å². The van der Waals surface area contributed by atoms with Gasteiger partial charge in [-0.1, -0.05) is 0 Å². The minimum absolute atomic E-state index is 0.0851. The summed E-state index contributed by atoms with van der Waals surface area (Å²) in [4.78, 5) is 26.4. The van der Waals surface area contributed by atoms with Crippen LogP contribution in [-0.2, 0) is 14.3 Å². The quantitative estimate of drug-likeness (QED) is 0.657. The molecule has 164 valence electrons. The van der Waals surface area contributed by atoms with Gasteiger partial charge in [0.1, 0.15) is 6.10 Å². The number of carbonyl (C=O) groups is 2. The van der Waals surface area contributed by atoms with Crippen LogP contribution in [0.15, 0.2) is 18.2 Å². The molecule has 0 bridgehead atoms. The number of ether oxygens (including phenoxy) is 4. The van der Waals surface area contributed by atoms with Crippen LogP contribution in [0.2, 0.25) is 0 Å². The van der Waals surface area contributed by atoms with E-state index in [0.29, 0.717) is 30.0 Å². The fourth-order valence-electron chi connectivity index (χ4n) is 4.05. The first-order chi connectivity index (χ1) is 14.5. The maximum atomic E-state index is 13.1. The highest BCUT2D eigenvalue weighted by molar-refractivity contribution is 5.90. The number of nitrogens with zero attached hydrogens (tertiary/aromatic N) is 1. The van der Waals surface area contributed by atoms with E-state index in [0.717, 1.165) is 0 Å². The lowest BCUT2D eigenvalue weighted by Crippen LogP contribution is -2.58. The number of benzene rings is 1. The summed E-state index contributed by atoms with van der Waals surface area (Å²) >= 11 is 0. The zero-order valence-electron chi connectivity index (χ0n) is 16.8. The molecular weight excluding hydrogens is 394 g/mol. The number of amides is 3. The molecule has 10 nitrogen and oxygen atoms in total. The molecule has 0 spiro atoms. The molecule has 10 heteroatoms. The topological polar surface area (TPSA) is 119 Å². The third kappa shape index (κ3) is 4.61. The highest BCUT2D eigenvalue weighted by atomic mass is 16.7. The summed E-state index contributed by atoms with van der Waals surface area (Å²) in [5, 5.41) is 15.7. The third-order valence-electron chi connectivity index (χ3n) is 5.56. The Morgan fingerprint density at radius 1 is 1.20 bits per heavy atom. The summed E-state index contributed by atoms with van der Waals surface area (Å²) in [6, 6.07) is 4.58. The van der Waals surface area contributed by atoms with Gasteiger partial charge in [0.15, 0.2) is 11.5 Å². The number of urea groups is 1. The average Bonchev–Trinajstić information content (AvgIpc) is 3.19. The average molecular weight is 421 g/mol. The molecular formula is C20H27N3O7. The second-order valence-corrected chi connectivity index (χ2v) is 7.66. The number of nitrogens with one attached hydrogen (secondary N) is 2. The zero-order valence-corrected chi connectivity index (χ0v) is 16.8. The Kier molecular flexibility index (Phi) is 6.26. The van der Waals surface area contributed by atoms with Crippen molar-refractivity contribution >= 4 is 17.6 Å². The largest absolute Gasteiger partial charge is 0.454 e. The van der Waals surface area contributed by atoms with Crippen LogP contribution in [0, 0.1) is 0 Å². The molecule has 2 fully saturated rings. The van der Waals surface area contributed by atoms with E-state index >= 15 is 0 Å². The first-order valence-corrected chi connectivity index (χ1v) is 10.1. The second-order valence-electron chi connectivity index (χ2n) is 7.66. The summed E-state index contributed by atoms with van der Waals surface area (Å²) in [6.45, 7) is 0.644. The van der Waals surface area contributed by atoms with E-state index < -0.39 is 6.10 Å². The minimum Gasteiger partial charge on any atom is -0.454 e. The predicted octanol–water partition coefficient (Wildman–Crippen LogP) is 0.693. The number of fused-ring (bicyclic) bond motifs is 2. The molecule has 0 radical (unpaired) electrons. The van der Waals surface area contributed by atoms with Gasteiger partial charge in [0.2, 0.25) is 12.7 Å². The first-order valence-electron chi connectivity index (χ1n) is 10.1. The van der Waals surface area contributed by atoms with E-state index in [9.17, 15) is 14.7 Å². The molecule has 3 amide bonds. The van der Waals surface area contributed by atoms with Gasteiger partial charge in [-0.2, -0.15) is 0 Å². The van der Waals surface area contributed by atoms with Gasteiger partial charge in [0, 0.05) is 18.8 Å². The van der Waals surface area contributed by atoms with Crippen molar-refractivity contribution < 1.29 is 33.6 Å². The van der Waals surface area contributed by atoms with Gasteiger partial charge in [0.05, 0.1) is 44.4 Å². The standard InChI is InChI=1S/C20H27N3O7/c1-21-19(25)7-14-3-4-15-18(30-14)10-27-9-13(24)8-23(15)20(26)22-12-2-5-16-17(6-12)29-11-28-16/h2,5-6,13-15,18,24H,3-4,7-11H2,1H3,(H,21,25)(H,22,26)/t13-,14-,15+,18-/m0/s1. The summed E-state index contributed by atoms with van der Waals surface area (Å²) < 4.78 is 22.3. The molecule has 3 N–H and O–H groups in total. The highest BCUT2D eigenvalue weighted by Crippen LogP contribution is 2.34. The molecule has 4 atom stereocenters. The number of anilines is 1. The van der Waals surface area contributed by atoms with Crippen LogP contribution < -0.4 is 20.1 Å². The van der Waals surface area contributed by atoms with E-state index in [1.807, 2.05) is 0 Å². The van der Waals surface area contributed by atoms with Crippen LogP contribution in [0.5, 0.6) is 11.5 Å². The Hall–Kier alpha value is -2.56. The Morgan fingerprint density at radius 3 is 2.87 bits per heavy atom. The summed E-state index contributed by atoms with van der Waals surface area (Å²) in [5.41, 5.74) is 0.572. The summed E-state index contributed by atoms with van der Waals surface area (Å²) in [6.07, 6.45) is 0.166. The summed E-state index contributed by atoms with van der Waals surface area (Å²) in [7, 11) is 1.59. The zero-order chi connectivity index (χ0) is 21.1. The fraction of sp³-hybridized carbons (Fsp3) is 0.600. The molecule has 3 aliphatic heterocycles. The highest BCUT2D eigenvalue weighted by Gasteiger charge is 2.40. The molecule has 3 aliphatic rings. The van der Waals surface area contributed by atoms with Crippen molar-refractivity contribution in [3.8, 4) is 11.5 Å². The number of aliphatic hydroxyl groups is 1. The molecule has 0 saturated carbocycles. The van der Waals surface area contributed by atoms with E-state index in [2.05, 4.69) is 10.6 Å². The molecule has 30 heavy (non-hydrogen) atoms. The van der Waals surface area contributed by atoms with Gasteiger partial charge in [-0.25, -0.2) is 4.79 Å². The van der Waals surface area contributed by atoms with E-state index in [4.69, 9.17) is 18.9 Å². The fourth-order valence-corrected chi connectivity index (χ4v) is 4.05. The Bertz CT molecular complexity index is 790. The van der Waals surface area contributed by atoms with Crippen LogP contribution in [0.4, 0.5) is 10.5 Å². The van der Waals surface area contributed by atoms with Crippen molar-refractivity contribution in [3.63, 3.8) is 0 Å². The van der Waals surface area contributed by atoms with Crippen LogP contribution in [0.3, 0.4) is 0 Å². The first kappa shape index (κ1) is 20.7. The molecule has 1 aromatic rings. The maximum absolute atomic E-state index is 13.1. The molecule has 0 unspecified atom stereocenters. The van der Waals surface area contributed by atoms with Gasteiger partial charge in [-0.15, -0.1) is 0 Å². The molecule has 0 aromatic heterocycles. The monoisotopic (exact) mass is 421 g/mol. The molecule has 4 rings (SSSR count). The lowest BCUT2D eigenvalue weighted by atomic mass is 9.95. The van der Waals surface area contributed by atoms with Crippen LogP contribution in [-0.4, -0.2) is 79.9 Å². The molecule has 0 aliphatic carbocycles. The molecule has 3 heterocycles. The maximum Gasteiger partial charge on any atom is 0.322 e. The Morgan fingerprint density at radius 2 is 2.03 bits per heavy atom. The van der Waals surface area contributed by atoms with Crippen molar-refractivity contribution in [1.29, 1.82) is 0 Å². The third-order valence-corrected chi connectivity index (χ3v) is 5.56. The van der Waals surface area contributed by atoms with E-state index in [1.54, 1.807) is 30.1 Å². The van der Waals surface area contributed by atoms with Crippen molar-refractivity contribution in [2.45, 2.75) is 43.6 Å². The van der Waals surface area contributed by atoms with Gasteiger partial charge < -0.3 is 39.6 Å². The van der Waals surface area contributed by atoms with Crippen molar-refractivity contribution in [3.05, 3.63) is 18.2 Å². The van der Waals surface area contributed by atoms with Crippen molar-refractivity contribution in [2.24, 2.45) is 0 Å². The predicted molar refractivity (Wildman–Crippen MR) is 105 cm³/mol. The van der Waals surface area contributed by atoms with Crippen LogP contribution in [0.25, 0.3) is 0 Å². The summed E-state index contributed by atoms with van der Waals surface area (Å²) in [5.74, 6) is 1.12. The number of carbonyl (C=O) groups excluding carboxylic acids is 2. The van der Waals surface area contributed by atoms with E-state index in [-0.39, 0.29) is 63.2 Å². The number of hydrogen-bond donors (Lipinski definition) is 3. The Balaban J connectivity index is 1.47. The number of aliphatic hydroxyl groups excluding tert-OH is 1. The van der Waals surface area contributed by atoms with Crippen molar-refractivity contribution in [1.82, 2.24) is 10.2 Å². The number of hydrogen-bond acceptors (Lipinski definition) is 7. The van der Waals surface area contributed by atoms with Crippen molar-refractivity contribution in [2.75, 3.05) is 38.9 Å². The SMILES string of the molecule is CNC(=O)C[C@@H]1CC[C@@H]2[C@H](COC[C@@H](O)CN2C(=O)Nc2ccc3c(c2)OCO3)O1. The number of rotatable bonds is 3. The Labute approximate surface area is 174 Å². The second kappa shape index (κ2) is 9.07.